The van der Waals surface area contributed by atoms with E-state index in [0.717, 1.165) is 16.9 Å². The molecular weight excluding hydrogens is 294 g/mol. The lowest BCUT2D eigenvalue weighted by Gasteiger charge is -2.10. The number of hydrogen-bond acceptors (Lipinski definition) is 4. The van der Waals surface area contributed by atoms with Gasteiger partial charge in [0.15, 0.2) is 0 Å². The Kier molecular flexibility index (Phi) is 5.36. The van der Waals surface area contributed by atoms with Gasteiger partial charge in [-0.2, -0.15) is 0 Å². The minimum Gasteiger partial charge on any atom is -0.496 e. The second-order valence-corrected chi connectivity index (χ2v) is 5.07. The number of rotatable bonds is 5. The molecule has 0 aliphatic rings. The summed E-state index contributed by atoms with van der Waals surface area (Å²) in [5.74, 6) is 0.0947. The van der Waals surface area contributed by atoms with E-state index in [4.69, 9.17) is 9.47 Å². The molecule has 120 valence electrons. The van der Waals surface area contributed by atoms with Crippen LogP contribution in [-0.2, 0) is 16.0 Å². The van der Waals surface area contributed by atoms with Gasteiger partial charge in [-0.25, -0.2) is 4.79 Å². The summed E-state index contributed by atoms with van der Waals surface area (Å²) in [5, 5.41) is 2.75. The van der Waals surface area contributed by atoms with Gasteiger partial charge in [-0.05, 0) is 36.2 Å². The van der Waals surface area contributed by atoms with E-state index in [9.17, 15) is 9.59 Å². The molecule has 2 rings (SSSR count). The SMILES string of the molecule is COC(=O)c1ccccc1NC(=O)Cc1ccc(OC)c(C)c1. The summed E-state index contributed by atoms with van der Waals surface area (Å²) in [5.41, 5.74) is 2.60. The third-order valence-electron chi connectivity index (χ3n) is 3.43. The zero-order valence-electron chi connectivity index (χ0n) is 13.4. The van der Waals surface area contributed by atoms with Gasteiger partial charge in [0.05, 0.1) is 31.9 Å². The number of anilines is 1. The number of carbonyl (C=O) groups is 2. The van der Waals surface area contributed by atoms with Crippen LogP contribution in [0.25, 0.3) is 0 Å². The molecule has 0 fully saturated rings. The predicted molar refractivity (Wildman–Crippen MR) is 87.8 cm³/mol. The minimum absolute atomic E-state index is 0.203. The molecule has 5 heteroatoms. The number of ether oxygens (including phenoxy) is 2. The van der Waals surface area contributed by atoms with Crippen molar-refractivity contribution in [1.29, 1.82) is 0 Å². The number of esters is 1. The van der Waals surface area contributed by atoms with Crippen molar-refractivity contribution in [2.24, 2.45) is 0 Å². The van der Waals surface area contributed by atoms with E-state index in [-0.39, 0.29) is 12.3 Å². The Hall–Kier alpha value is -2.82. The maximum absolute atomic E-state index is 12.2. The van der Waals surface area contributed by atoms with Crippen LogP contribution in [0.5, 0.6) is 5.75 Å². The van der Waals surface area contributed by atoms with E-state index in [1.807, 2.05) is 25.1 Å². The molecule has 0 aliphatic heterocycles. The lowest BCUT2D eigenvalue weighted by Crippen LogP contribution is -2.17. The molecular formula is C18H19NO4. The molecule has 1 N–H and O–H groups in total. The van der Waals surface area contributed by atoms with Gasteiger partial charge in [-0.15, -0.1) is 0 Å². The first-order chi connectivity index (χ1) is 11.0. The lowest BCUT2D eigenvalue weighted by molar-refractivity contribution is -0.115. The first-order valence-corrected chi connectivity index (χ1v) is 7.16. The fourth-order valence-electron chi connectivity index (χ4n) is 2.31. The molecule has 2 aromatic rings. The van der Waals surface area contributed by atoms with E-state index in [2.05, 4.69) is 5.32 Å². The van der Waals surface area contributed by atoms with Crippen LogP contribution in [-0.4, -0.2) is 26.1 Å². The number of benzene rings is 2. The molecule has 5 nitrogen and oxygen atoms in total. The topological polar surface area (TPSA) is 64.6 Å². The predicted octanol–water partition coefficient (Wildman–Crippen LogP) is 2.97. The number of nitrogens with one attached hydrogen (secondary N) is 1. The van der Waals surface area contributed by atoms with Crippen molar-refractivity contribution in [3.8, 4) is 5.75 Å². The van der Waals surface area contributed by atoms with Gasteiger partial charge in [0, 0.05) is 0 Å². The van der Waals surface area contributed by atoms with Crippen LogP contribution in [0.3, 0.4) is 0 Å². The summed E-state index contributed by atoms with van der Waals surface area (Å²) < 4.78 is 9.92. The molecule has 0 aromatic heterocycles. The van der Waals surface area contributed by atoms with Crippen molar-refractivity contribution in [2.75, 3.05) is 19.5 Å². The number of para-hydroxylation sites is 1. The Bertz CT molecular complexity index is 725. The summed E-state index contributed by atoms with van der Waals surface area (Å²) in [4.78, 5) is 23.9. The number of methoxy groups -OCH3 is 2. The summed E-state index contributed by atoms with van der Waals surface area (Å²) in [6.45, 7) is 1.92. The highest BCUT2D eigenvalue weighted by Gasteiger charge is 2.13. The average molecular weight is 313 g/mol. The Balaban J connectivity index is 2.11. The lowest BCUT2D eigenvalue weighted by atomic mass is 10.1. The molecule has 1 amide bonds. The fraction of sp³-hybridized carbons (Fsp3) is 0.222. The smallest absolute Gasteiger partial charge is 0.339 e. The average Bonchev–Trinajstić information content (AvgIpc) is 2.54. The van der Waals surface area contributed by atoms with Gasteiger partial charge < -0.3 is 14.8 Å². The van der Waals surface area contributed by atoms with Crippen LogP contribution >= 0.6 is 0 Å². The summed E-state index contributed by atoms with van der Waals surface area (Å²) in [7, 11) is 2.92. The molecule has 0 saturated heterocycles. The van der Waals surface area contributed by atoms with Gasteiger partial charge in [-0.1, -0.05) is 24.3 Å². The second kappa shape index (κ2) is 7.45. The molecule has 0 spiro atoms. The Morgan fingerprint density at radius 3 is 2.48 bits per heavy atom. The molecule has 0 bridgehead atoms. The van der Waals surface area contributed by atoms with Crippen molar-refractivity contribution in [1.82, 2.24) is 0 Å². The normalized spacial score (nSPS) is 10.0. The maximum Gasteiger partial charge on any atom is 0.339 e. The number of amides is 1. The summed E-state index contributed by atoms with van der Waals surface area (Å²) >= 11 is 0. The summed E-state index contributed by atoms with van der Waals surface area (Å²) in [6.07, 6.45) is 0.209. The molecule has 0 saturated carbocycles. The highest BCUT2D eigenvalue weighted by atomic mass is 16.5. The van der Waals surface area contributed by atoms with Gasteiger partial charge >= 0.3 is 5.97 Å². The fourth-order valence-corrected chi connectivity index (χ4v) is 2.31. The van der Waals surface area contributed by atoms with Crippen LogP contribution in [0.1, 0.15) is 21.5 Å². The zero-order chi connectivity index (χ0) is 16.8. The molecule has 2 aromatic carbocycles. The van der Waals surface area contributed by atoms with E-state index in [1.54, 1.807) is 31.4 Å². The van der Waals surface area contributed by atoms with Crippen molar-refractivity contribution >= 4 is 17.6 Å². The molecule has 0 unspecified atom stereocenters. The van der Waals surface area contributed by atoms with Crippen molar-refractivity contribution in [3.05, 3.63) is 59.2 Å². The van der Waals surface area contributed by atoms with E-state index >= 15 is 0 Å². The van der Waals surface area contributed by atoms with Gasteiger partial charge in [0.1, 0.15) is 5.75 Å². The second-order valence-electron chi connectivity index (χ2n) is 5.07. The van der Waals surface area contributed by atoms with Gasteiger partial charge in [0.2, 0.25) is 5.91 Å². The first-order valence-electron chi connectivity index (χ1n) is 7.16. The van der Waals surface area contributed by atoms with E-state index in [0.29, 0.717) is 11.3 Å². The van der Waals surface area contributed by atoms with Crippen LogP contribution in [0.15, 0.2) is 42.5 Å². The highest BCUT2D eigenvalue weighted by Crippen LogP contribution is 2.20. The van der Waals surface area contributed by atoms with Crippen LogP contribution in [0.4, 0.5) is 5.69 Å². The number of aryl methyl sites for hydroxylation is 1. The Morgan fingerprint density at radius 1 is 1.09 bits per heavy atom. The molecule has 23 heavy (non-hydrogen) atoms. The zero-order valence-corrected chi connectivity index (χ0v) is 13.4. The summed E-state index contributed by atoms with van der Waals surface area (Å²) in [6, 6.07) is 12.3. The van der Waals surface area contributed by atoms with Crippen LogP contribution in [0.2, 0.25) is 0 Å². The van der Waals surface area contributed by atoms with Crippen LogP contribution in [0, 0.1) is 6.92 Å². The standard InChI is InChI=1S/C18H19NO4/c1-12-10-13(8-9-16(12)22-2)11-17(20)19-15-7-5-4-6-14(15)18(21)23-3/h4-10H,11H2,1-3H3,(H,19,20). The molecule has 0 radical (unpaired) electrons. The van der Waals surface area contributed by atoms with E-state index in [1.165, 1.54) is 7.11 Å². The Labute approximate surface area is 135 Å². The van der Waals surface area contributed by atoms with Gasteiger partial charge in [-0.3, -0.25) is 4.79 Å². The third-order valence-corrected chi connectivity index (χ3v) is 3.43. The minimum atomic E-state index is -0.485. The monoisotopic (exact) mass is 313 g/mol. The van der Waals surface area contributed by atoms with Gasteiger partial charge in [0.25, 0.3) is 0 Å². The van der Waals surface area contributed by atoms with Crippen molar-refractivity contribution in [2.45, 2.75) is 13.3 Å². The number of carbonyl (C=O) groups excluding carboxylic acids is 2. The third kappa shape index (κ3) is 4.10. The van der Waals surface area contributed by atoms with Crippen molar-refractivity contribution < 1.29 is 19.1 Å². The van der Waals surface area contributed by atoms with E-state index < -0.39 is 5.97 Å². The van der Waals surface area contributed by atoms with Crippen molar-refractivity contribution in [3.63, 3.8) is 0 Å². The first kappa shape index (κ1) is 16.5. The number of hydrogen-bond donors (Lipinski definition) is 1. The van der Waals surface area contributed by atoms with Crippen LogP contribution < -0.4 is 10.1 Å². The molecule has 0 atom stereocenters. The molecule has 0 aliphatic carbocycles. The molecule has 0 heterocycles. The largest absolute Gasteiger partial charge is 0.496 e. The quantitative estimate of drug-likeness (QED) is 0.862. The maximum atomic E-state index is 12.2. The highest BCUT2D eigenvalue weighted by molar-refractivity contribution is 6.01. The Morgan fingerprint density at radius 2 is 1.83 bits per heavy atom.